The molecule has 2 aromatic heterocycles. The van der Waals surface area contributed by atoms with E-state index in [0.29, 0.717) is 17.7 Å². The maximum Gasteiger partial charge on any atom is 0.225 e. The molecule has 2 fully saturated rings. The molecule has 0 aromatic carbocycles. The van der Waals surface area contributed by atoms with Crippen molar-refractivity contribution < 1.29 is 4.79 Å². The highest BCUT2D eigenvalue weighted by atomic mass is 16.2. The molecule has 1 saturated heterocycles. The second-order valence-electron chi connectivity index (χ2n) is 9.09. The van der Waals surface area contributed by atoms with Crippen LogP contribution in [0.15, 0.2) is 24.5 Å². The molecule has 0 spiro atoms. The normalized spacial score (nSPS) is 20.1. The van der Waals surface area contributed by atoms with Crippen LogP contribution in [0.25, 0.3) is 11.1 Å². The first-order valence-corrected chi connectivity index (χ1v) is 9.93. The number of rotatable bonds is 5. The second kappa shape index (κ2) is 6.98. The van der Waals surface area contributed by atoms with Gasteiger partial charge in [-0.1, -0.05) is 20.8 Å². The number of H-pyrrole nitrogens is 1. The maximum absolute atomic E-state index is 12.4. The number of likely N-dealkylation sites (tertiary alicyclic amines) is 1. The number of carbonyl (C=O) groups excluding carboxylic acids is 1. The van der Waals surface area contributed by atoms with Crippen LogP contribution in [0, 0.1) is 11.3 Å². The third kappa shape index (κ3) is 4.15. The molecule has 2 N–H and O–H groups in total. The van der Waals surface area contributed by atoms with Gasteiger partial charge in [0.25, 0.3) is 0 Å². The highest BCUT2D eigenvalue weighted by Gasteiger charge is 2.37. The van der Waals surface area contributed by atoms with Crippen LogP contribution in [0.5, 0.6) is 0 Å². The SMILES string of the molecule is CC(C)(C)CNc1cc(-c2cn[nH]c2C2CCN(C(=O)C3CC3)C2)ccn1. The molecule has 1 saturated carbocycles. The van der Waals surface area contributed by atoms with Crippen molar-refractivity contribution in [3.63, 3.8) is 0 Å². The van der Waals surface area contributed by atoms with E-state index in [0.717, 1.165) is 61.5 Å². The molecule has 1 amide bonds. The minimum atomic E-state index is 0.194. The van der Waals surface area contributed by atoms with Crippen molar-refractivity contribution in [2.75, 3.05) is 25.0 Å². The Morgan fingerprint density at radius 3 is 2.89 bits per heavy atom. The predicted molar refractivity (Wildman–Crippen MR) is 106 cm³/mol. The number of amides is 1. The van der Waals surface area contributed by atoms with Crippen LogP contribution in [0.4, 0.5) is 5.82 Å². The van der Waals surface area contributed by atoms with Gasteiger partial charge < -0.3 is 10.2 Å². The fourth-order valence-corrected chi connectivity index (χ4v) is 3.67. The Balaban J connectivity index is 1.50. The molecule has 3 heterocycles. The molecular weight excluding hydrogens is 338 g/mol. The quantitative estimate of drug-likeness (QED) is 0.846. The van der Waals surface area contributed by atoms with Crippen molar-refractivity contribution >= 4 is 11.7 Å². The predicted octanol–water partition coefficient (Wildman–Crippen LogP) is 3.66. The largest absolute Gasteiger partial charge is 0.370 e. The van der Waals surface area contributed by atoms with Crippen molar-refractivity contribution in [3.8, 4) is 11.1 Å². The van der Waals surface area contributed by atoms with Gasteiger partial charge in [-0.2, -0.15) is 5.10 Å². The van der Waals surface area contributed by atoms with Gasteiger partial charge in [-0.15, -0.1) is 0 Å². The second-order valence-corrected chi connectivity index (χ2v) is 9.09. The zero-order chi connectivity index (χ0) is 19.0. The molecule has 27 heavy (non-hydrogen) atoms. The molecule has 6 nitrogen and oxygen atoms in total. The van der Waals surface area contributed by atoms with Crippen LogP contribution in [-0.2, 0) is 4.79 Å². The van der Waals surface area contributed by atoms with Gasteiger partial charge in [0.1, 0.15) is 5.82 Å². The number of anilines is 1. The molecule has 1 aliphatic heterocycles. The van der Waals surface area contributed by atoms with Gasteiger partial charge in [0, 0.05) is 48.9 Å². The smallest absolute Gasteiger partial charge is 0.225 e. The van der Waals surface area contributed by atoms with Crippen LogP contribution in [0.2, 0.25) is 0 Å². The molecule has 0 bridgehead atoms. The Bertz CT molecular complexity index is 818. The van der Waals surface area contributed by atoms with E-state index in [4.69, 9.17) is 0 Å². The number of nitrogens with zero attached hydrogens (tertiary/aromatic N) is 3. The summed E-state index contributed by atoms with van der Waals surface area (Å²) in [5, 5.41) is 10.9. The summed E-state index contributed by atoms with van der Waals surface area (Å²) in [6, 6.07) is 4.11. The van der Waals surface area contributed by atoms with Gasteiger partial charge >= 0.3 is 0 Å². The van der Waals surface area contributed by atoms with Gasteiger partial charge in [0.15, 0.2) is 0 Å². The Kier molecular flexibility index (Phi) is 4.66. The minimum Gasteiger partial charge on any atom is -0.370 e. The van der Waals surface area contributed by atoms with Crippen LogP contribution >= 0.6 is 0 Å². The van der Waals surface area contributed by atoms with Gasteiger partial charge in [-0.25, -0.2) is 4.98 Å². The average Bonchev–Trinajstić information content (AvgIpc) is 3.17. The molecule has 0 radical (unpaired) electrons. The van der Waals surface area contributed by atoms with Gasteiger partial charge in [0.2, 0.25) is 5.91 Å². The fraction of sp³-hybridized carbons (Fsp3) is 0.571. The van der Waals surface area contributed by atoms with E-state index in [1.54, 1.807) is 0 Å². The molecular formula is C21H29N5O. The lowest BCUT2D eigenvalue weighted by Gasteiger charge is -2.19. The van der Waals surface area contributed by atoms with Gasteiger partial charge in [-0.05, 0) is 42.4 Å². The lowest BCUT2D eigenvalue weighted by Crippen LogP contribution is -2.29. The van der Waals surface area contributed by atoms with E-state index in [-0.39, 0.29) is 5.41 Å². The summed E-state index contributed by atoms with van der Waals surface area (Å²) in [6.07, 6.45) is 6.86. The van der Waals surface area contributed by atoms with Crippen molar-refractivity contribution in [1.82, 2.24) is 20.1 Å². The summed E-state index contributed by atoms with van der Waals surface area (Å²) >= 11 is 0. The van der Waals surface area contributed by atoms with E-state index < -0.39 is 0 Å². The summed E-state index contributed by atoms with van der Waals surface area (Å²) in [7, 11) is 0. The Labute approximate surface area is 160 Å². The summed E-state index contributed by atoms with van der Waals surface area (Å²) in [5.74, 6) is 1.84. The number of hydrogen-bond donors (Lipinski definition) is 2. The Morgan fingerprint density at radius 1 is 1.33 bits per heavy atom. The third-order valence-corrected chi connectivity index (χ3v) is 5.37. The standard InChI is InChI=1S/C21H29N5O/c1-21(2,3)13-23-18-10-15(6-8-22-18)17-11-24-25-19(17)16-7-9-26(12-16)20(27)14-4-5-14/h6,8,10-11,14,16H,4-5,7,9,12-13H2,1-3H3,(H,22,23)(H,24,25). The molecule has 2 aliphatic rings. The number of carbonyl (C=O) groups is 1. The topological polar surface area (TPSA) is 73.9 Å². The number of aromatic nitrogens is 3. The molecule has 2 aromatic rings. The van der Waals surface area contributed by atoms with Gasteiger partial charge in [0.05, 0.1) is 6.20 Å². The number of nitrogens with one attached hydrogen (secondary N) is 2. The van der Waals surface area contributed by atoms with Crippen LogP contribution in [-0.4, -0.2) is 45.6 Å². The summed E-state index contributed by atoms with van der Waals surface area (Å²) in [4.78, 5) is 18.8. The monoisotopic (exact) mass is 367 g/mol. The van der Waals surface area contributed by atoms with Crippen molar-refractivity contribution in [3.05, 3.63) is 30.2 Å². The first-order chi connectivity index (χ1) is 12.9. The van der Waals surface area contributed by atoms with E-state index in [1.807, 2.05) is 23.4 Å². The molecule has 1 unspecified atom stereocenters. The first kappa shape index (κ1) is 18.0. The summed E-state index contributed by atoms with van der Waals surface area (Å²) in [6.45, 7) is 9.12. The Hall–Kier alpha value is -2.37. The molecule has 1 atom stereocenters. The minimum absolute atomic E-state index is 0.194. The zero-order valence-electron chi connectivity index (χ0n) is 16.5. The van der Waals surface area contributed by atoms with Crippen molar-refractivity contribution in [1.29, 1.82) is 0 Å². The highest BCUT2D eigenvalue weighted by Crippen LogP contribution is 2.37. The lowest BCUT2D eigenvalue weighted by molar-refractivity contribution is -0.131. The highest BCUT2D eigenvalue weighted by molar-refractivity contribution is 5.81. The maximum atomic E-state index is 12.4. The molecule has 4 rings (SSSR count). The summed E-state index contributed by atoms with van der Waals surface area (Å²) in [5.41, 5.74) is 3.55. The van der Waals surface area contributed by atoms with E-state index in [9.17, 15) is 4.79 Å². The molecule has 6 heteroatoms. The number of aromatic amines is 1. The van der Waals surface area contributed by atoms with E-state index >= 15 is 0 Å². The number of pyridine rings is 1. The molecule has 144 valence electrons. The number of hydrogen-bond acceptors (Lipinski definition) is 4. The third-order valence-electron chi connectivity index (χ3n) is 5.37. The fourth-order valence-electron chi connectivity index (χ4n) is 3.67. The Morgan fingerprint density at radius 2 is 2.15 bits per heavy atom. The first-order valence-electron chi connectivity index (χ1n) is 9.93. The molecule has 1 aliphatic carbocycles. The van der Waals surface area contributed by atoms with Crippen LogP contribution in [0.3, 0.4) is 0 Å². The van der Waals surface area contributed by atoms with Crippen LogP contribution < -0.4 is 5.32 Å². The van der Waals surface area contributed by atoms with Crippen LogP contribution in [0.1, 0.15) is 51.6 Å². The summed E-state index contributed by atoms with van der Waals surface area (Å²) < 4.78 is 0. The van der Waals surface area contributed by atoms with Crippen molar-refractivity contribution in [2.45, 2.75) is 46.0 Å². The average molecular weight is 367 g/mol. The lowest BCUT2D eigenvalue weighted by atomic mass is 9.96. The van der Waals surface area contributed by atoms with Gasteiger partial charge in [-0.3, -0.25) is 9.89 Å². The van der Waals surface area contributed by atoms with E-state index in [2.05, 4.69) is 47.3 Å². The zero-order valence-corrected chi connectivity index (χ0v) is 16.5. The van der Waals surface area contributed by atoms with E-state index in [1.165, 1.54) is 0 Å². The van der Waals surface area contributed by atoms with Crippen molar-refractivity contribution in [2.24, 2.45) is 11.3 Å².